The summed E-state index contributed by atoms with van der Waals surface area (Å²) in [5.41, 5.74) is 0. The standard InChI is InChI=1S/C10H22N2O2/c1-12-6-4-5-9(12)7-11-8-10(13-2)14-3/h9-11H,4-8H2,1-3H3. The molecule has 1 aliphatic rings. The number of hydrogen-bond donors (Lipinski definition) is 1. The number of nitrogens with one attached hydrogen (secondary N) is 1. The van der Waals surface area contributed by atoms with Gasteiger partial charge >= 0.3 is 0 Å². The fraction of sp³-hybridized carbons (Fsp3) is 1.00. The molecule has 0 radical (unpaired) electrons. The summed E-state index contributed by atoms with van der Waals surface area (Å²) in [4.78, 5) is 2.40. The van der Waals surface area contributed by atoms with Gasteiger partial charge in [0.2, 0.25) is 0 Å². The van der Waals surface area contributed by atoms with Crippen LogP contribution in [0, 0.1) is 0 Å². The topological polar surface area (TPSA) is 33.7 Å². The maximum Gasteiger partial charge on any atom is 0.169 e. The Bertz CT molecular complexity index is 151. The molecule has 0 spiro atoms. The van der Waals surface area contributed by atoms with E-state index in [9.17, 15) is 0 Å². The van der Waals surface area contributed by atoms with Gasteiger partial charge in [-0.15, -0.1) is 0 Å². The molecule has 1 saturated heterocycles. The number of likely N-dealkylation sites (tertiary alicyclic amines) is 1. The first-order valence-electron chi connectivity index (χ1n) is 5.24. The lowest BCUT2D eigenvalue weighted by Gasteiger charge is -2.21. The molecule has 0 aliphatic carbocycles. The Hall–Kier alpha value is -0.160. The van der Waals surface area contributed by atoms with E-state index in [-0.39, 0.29) is 6.29 Å². The van der Waals surface area contributed by atoms with Gasteiger partial charge in [-0.1, -0.05) is 0 Å². The van der Waals surface area contributed by atoms with Crippen LogP contribution in [0.5, 0.6) is 0 Å². The molecule has 1 heterocycles. The molecule has 1 atom stereocenters. The predicted molar refractivity (Wildman–Crippen MR) is 56.3 cm³/mol. The molecule has 1 N–H and O–H groups in total. The van der Waals surface area contributed by atoms with E-state index in [0.29, 0.717) is 6.04 Å². The summed E-state index contributed by atoms with van der Waals surface area (Å²) < 4.78 is 10.2. The summed E-state index contributed by atoms with van der Waals surface area (Å²) in [6.07, 6.45) is 2.50. The van der Waals surface area contributed by atoms with Crippen LogP contribution in [0.1, 0.15) is 12.8 Å². The van der Waals surface area contributed by atoms with Crippen molar-refractivity contribution in [2.24, 2.45) is 0 Å². The van der Waals surface area contributed by atoms with Crippen molar-refractivity contribution < 1.29 is 9.47 Å². The van der Waals surface area contributed by atoms with Gasteiger partial charge in [-0.05, 0) is 26.4 Å². The Labute approximate surface area is 86.6 Å². The highest BCUT2D eigenvalue weighted by Crippen LogP contribution is 2.13. The summed E-state index contributed by atoms with van der Waals surface area (Å²) in [6, 6.07) is 0.685. The minimum atomic E-state index is -0.123. The average molecular weight is 202 g/mol. The summed E-state index contributed by atoms with van der Waals surface area (Å²) >= 11 is 0. The van der Waals surface area contributed by atoms with Crippen molar-refractivity contribution in [3.8, 4) is 0 Å². The second-order valence-electron chi connectivity index (χ2n) is 3.84. The zero-order chi connectivity index (χ0) is 10.4. The van der Waals surface area contributed by atoms with E-state index in [1.165, 1.54) is 19.4 Å². The van der Waals surface area contributed by atoms with E-state index in [2.05, 4.69) is 17.3 Å². The van der Waals surface area contributed by atoms with E-state index < -0.39 is 0 Å². The van der Waals surface area contributed by atoms with Gasteiger partial charge in [0.05, 0.1) is 0 Å². The van der Waals surface area contributed by atoms with Crippen molar-refractivity contribution in [2.75, 3.05) is 40.9 Å². The molecule has 4 nitrogen and oxygen atoms in total. The molecule has 0 bridgehead atoms. The lowest BCUT2D eigenvalue weighted by Crippen LogP contribution is -2.39. The molecular formula is C10H22N2O2. The maximum absolute atomic E-state index is 5.09. The van der Waals surface area contributed by atoms with Crippen LogP contribution in [-0.2, 0) is 9.47 Å². The normalized spacial score (nSPS) is 23.6. The van der Waals surface area contributed by atoms with Crippen LogP contribution in [0.4, 0.5) is 0 Å². The van der Waals surface area contributed by atoms with Gasteiger partial charge in [-0.3, -0.25) is 0 Å². The Morgan fingerprint density at radius 3 is 2.64 bits per heavy atom. The minimum Gasteiger partial charge on any atom is -0.355 e. The predicted octanol–water partition coefficient (Wildman–Crippen LogP) is 0.289. The highest BCUT2D eigenvalue weighted by atomic mass is 16.7. The van der Waals surface area contributed by atoms with Crippen LogP contribution in [0.25, 0.3) is 0 Å². The first-order chi connectivity index (χ1) is 6.77. The lowest BCUT2D eigenvalue weighted by atomic mass is 10.2. The van der Waals surface area contributed by atoms with Crippen LogP contribution in [-0.4, -0.2) is 58.1 Å². The van der Waals surface area contributed by atoms with Crippen LogP contribution in [0.2, 0.25) is 0 Å². The third kappa shape index (κ3) is 3.53. The molecule has 1 unspecified atom stereocenters. The van der Waals surface area contributed by atoms with Crippen molar-refractivity contribution in [1.82, 2.24) is 10.2 Å². The second kappa shape index (κ2) is 6.35. The maximum atomic E-state index is 5.09. The van der Waals surface area contributed by atoms with Gasteiger partial charge in [0.1, 0.15) is 0 Å². The minimum absolute atomic E-state index is 0.123. The Kier molecular flexibility index (Phi) is 5.40. The van der Waals surface area contributed by atoms with Gasteiger partial charge in [-0.2, -0.15) is 0 Å². The zero-order valence-corrected chi connectivity index (χ0v) is 9.45. The van der Waals surface area contributed by atoms with E-state index in [4.69, 9.17) is 9.47 Å². The summed E-state index contributed by atoms with van der Waals surface area (Å²) in [5, 5.41) is 3.37. The number of methoxy groups -OCH3 is 2. The average Bonchev–Trinajstić information content (AvgIpc) is 2.59. The second-order valence-corrected chi connectivity index (χ2v) is 3.84. The van der Waals surface area contributed by atoms with E-state index in [1.807, 2.05) is 0 Å². The number of hydrogen-bond acceptors (Lipinski definition) is 4. The molecule has 1 aliphatic heterocycles. The monoisotopic (exact) mass is 202 g/mol. The molecule has 0 amide bonds. The van der Waals surface area contributed by atoms with Crippen molar-refractivity contribution in [3.63, 3.8) is 0 Å². The van der Waals surface area contributed by atoms with Crippen LogP contribution in [0.15, 0.2) is 0 Å². The van der Waals surface area contributed by atoms with E-state index >= 15 is 0 Å². The third-order valence-electron chi connectivity index (χ3n) is 2.89. The summed E-state index contributed by atoms with van der Waals surface area (Å²) in [7, 11) is 5.51. The zero-order valence-electron chi connectivity index (χ0n) is 9.45. The van der Waals surface area contributed by atoms with Gasteiger partial charge in [-0.25, -0.2) is 0 Å². The summed E-state index contributed by atoms with van der Waals surface area (Å²) in [6.45, 7) is 3.02. The van der Waals surface area contributed by atoms with Gasteiger partial charge in [0, 0.05) is 33.4 Å². The number of rotatable bonds is 6. The smallest absolute Gasteiger partial charge is 0.169 e. The Morgan fingerprint density at radius 1 is 1.43 bits per heavy atom. The molecule has 0 aromatic heterocycles. The van der Waals surface area contributed by atoms with E-state index in [1.54, 1.807) is 14.2 Å². The van der Waals surface area contributed by atoms with Crippen molar-refractivity contribution in [2.45, 2.75) is 25.2 Å². The first-order valence-corrected chi connectivity index (χ1v) is 5.24. The van der Waals surface area contributed by atoms with Gasteiger partial charge in [0.25, 0.3) is 0 Å². The van der Waals surface area contributed by atoms with Crippen molar-refractivity contribution in [1.29, 1.82) is 0 Å². The molecule has 84 valence electrons. The molecule has 0 saturated carbocycles. The summed E-state index contributed by atoms with van der Waals surface area (Å²) in [5.74, 6) is 0. The number of nitrogens with zero attached hydrogens (tertiary/aromatic N) is 1. The Morgan fingerprint density at radius 2 is 2.14 bits per heavy atom. The number of likely N-dealkylation sites (N-methyl/N-ethyl adjacent to an activating group) is 1. The first kappa shape index (κ1) is 11.9. The lowest BCUT2D eigenvalue weighted by molar-refractivity contribution is -0.0989. The van der Waals surface area contributed by atoms with Crippen LogP contribution >= 0.6 is 0 Å². The fourth-order valence-corrected chi connectivity index (χ4v) is 1.87. The van der Waals surface area contributed by atoms with Crippen molar-refractivity contribution in [3.05, 3.63) is 0 Å². The molecule has 0 aromatic rings. The molecule has 14 heavy (non-hydrogen) atoms. The quantitative estimate of drug-likeness (QED) is 0.628. The van der Waals surface area contributed by atoms with E-state index in [0.717, 1.165) is 13.1 Å². The van der Waals surface area contributed by atoms with Crippen molar-refractivity contribution >= 4 is 0 Å². The van der Waals surface area contributed by atoms with Crippen LogP contribution in [0.3, 0.4) is 0 Å². The molecule has 4 heteroatoms. The Balaban J connectivity index is 2.08. The van der Waals surface area contributed by atoms with Gasteiger partial charge < -0.3 is 19.7 Å². The highest BCUT2D eigenvalue weighted by molar-refractivity contribution is 4.78. The fourth-order valence-electron chi connectivity index (χ4n) is 1.87. The highest BCUT2D eigenvalue weighted by Gasteiger charge is 2.20. The molecule has 0 aromatic carbocycles. The SMILES string of the molecule is COC(CNCC1CCCN1C)OC. The number of ether oxygens (including phenoxy) is 2. The van der Waals surface area contributed by atoms with Crippen LogP contribution < -0.4 is 5.32 Å². The molecule has 1 fully saturated rings. The molecule has 1 rings (SSSR count). The third-order valence-corrected chi connectivity index (χ3v) is 2.89. The molecular weight excluding hydrogens is 180 g/mol. The van der Waals surface area contributed by atoms with Gasteiger partial charge in [0.15, 0.2) is 6.29 Å². The largest absolute Gasteiger partial charge is 0.355 e.